The van der Waals surface area contributed by atoms with Gasteiger partial charge in [0, 0.05) is 17.1 Å². The number of carbonyl (C=O) groups excluding carboxylic acids is 1. The molecule has 1 amide bonds. The summed E-state index contributed by atoms with van der Waals surface area (Å²) in [6.45, 7) is 7.01. The Labute approximate surface area is 185 Å². The van der Waals surface area contributed by atoms with Crippen LogP contribution in [0.15, 0.2) is 58.8 Å². The summed E-state index contributed by atoms with van der Waals surface area (Å²) in [5.41, 5.74) is 5.69. The summed E-state index contributed by atoms with van der Waals surface area (Å²) in [4.78, 5) is 12.1. The van der Waals surface area contributed by atoms with Crippen molar-refractivity contribution in [2.45, 2.75) is 38.4 Å². The van der Waals surface area contributed by atoms with Crippen LogP contribution in [0.2, 0.25) is 5.02 Å². The van der Waals surface area contributed by atoms with Crippen LogP contribution in [0.5, 0.6) is 0 Å². The number of amides is 1. The molecule has 1 heterocycles. The molecule has 2 aromatic carbocycles. The summed E-state index contributed by atoms with van der Waals surface area (Å²) >= 11 is 7.29. The Hall–Kier alpha value is -2.64. The van der Waals surface area contributed by atoms with Gasteiger partial charge in [-0.25, -0.2) is 5.43 Å². The first kappa shape index (κ1) is 22.1. The van der Waals surface area contributed by atoms with Gasteiger partial charge in [-0.1, -0.05) is 61.5 Å². The van der Waals surface area contributed by atoms with Gasteiger partial charge >= 0.3 is 0 Å². The second kappa shape index (κ2) is 10.4. The fourth-order valence-corrected chi connectivity index (χ4v) is 3.72. The molecule has 0 aliphatic heterocycles. The molecule has 0 fully saturated rings. The zero-order chi connectivity index (χ0) is 21.5. The van der Waals surface area contributed by atoms with Crippen molar-refractivity contribution in [2.75, 3.05) is 5.75 Å². The van der Waals surface area contributed by atoms with Gasteiger partial charge in [0.1, 0.15) is 0 Å². The van der Waals surface area contributed by atoms with Gasteiger partial charge < -0.3 is 4.57 Å². The maximum absolute atomic E-state index is 12.1. The molecule has 0 aliphatic rings. The molecule has 3 rings (SSSR count). The maximum Gasteiger partial charge on any atom is 0.250 e. The lowest BCUT2D eigenvalue weighted by Gasteiger charge is -2.07. The molecule has 3 aromatic rings. The minimum absolute atomic E-state index is 0.197. The van der Waals surface area contributed by atoms with Crippen molar-refractivity contribution < 1.29 is 4.79 Å². The molecule has 0 radical (unpaired) electrons. The minimum Gasteiger partial charge on any atom is -0.302 e. The summed E-state index contributed by atoms with van der Waals surface area (Å²) in [5, 5.41) is 13.9. The summed E-state index contributed by atoms with van der Waals surface area (Å²) in [5.74, 6) is 1.23. The van der Waals surface area contributed by atoms with Crippen molar-refractivity contribution in [3.05, 3.63) is 64.7 Å². The number of nitrogens with one attached hydrogen (secondary N) is 1. The number of rotatable bonds is 8. The molecule has 0 atom stereocenters. The zero-order valence-electron chi connectivity index (χ0n) is 17.2. The van der Waals surface area contributed by atoms with Crippen LogP contribution in [0.25, 0.3) is 11.4 Å². The van der Waals surface area contributed by atoms with Gasteiger partial charge in [0.25, 0.3) is 5.91 Å². The van der Waals surface area contributed by atoms with E-state index in [4.69, 9.17) is 11.6 Å². The van der Waals surface area contributed by atoms with Gasteiger partial charge in [0.15, 0.2) is 11.0 Å². The van der Waals surface area contributed by atoms with E-state index < -0.39 is 0 Å². The molecule has 1 aromatic heterocycles. The highest BCUT2D eigenvalue weighted by atomic mass is 35.5. The second-order valence-electron chi connectivity index (χ2n) is 6.96. The van der Waals surface area contributed by atoms with Crippen LogP contribution in [0, 0.1) is 0 Å². The monoisotopic (exact) mass is 441 g/mol. The predicted molar refractivity (Wildman–Crippen MR) is 123 cm³/mol. The van der Waals surface area contributed by atoms with Crippen molar-refractivity contribution in [2.24, 2.45) is 5.10 Å². The van der Waals surface area contributed by atoms with Crippen LogP contribution in [-0.2, 0) is 11.3 Å². The molecule has 0 saturated heterocycles. The number of hydrogen-bond acceptors (Lipinski definition) is 5. The molecule has 0 spiro atoms. The van der Waals surface area contributed by atoms with Crippen LogP contribution in [0.3, 0.4) is 0 Å². The standard InChI is InChI=1S/C22H24ClN5OS/c1-4-28-21(18-9-11-19(23)12-10-18)26-27-22(28)30-14-20(29)25-24-13-16-5-7-17(8-6-16)15(2)3/h5-13,15H,4,14H2,1-3H3,(H,25,29)/b24-13+. The highest BCUT2D eigenvalue weighted by Gasteiger charge is 2.14. The van der Waals surface area contributed by atoms with E-state index in [-0.39, 0.29) is 11.7 Å². The van der Waals surface area contributed by atoms with Crippen molar-refractivity contribution in [3.8, 4) is 11.4 Å². The Bertz CT molecular complexity index is 1010. The first-order valence-corrected chi connectivity index (χ1v) is 11.1. The normalized spacial score (nSPS) is 11.4. The number of thioether (sulfide) groups is 1. The topological polar surface area (TPSA) is 72.2 Å². The van der Waals surface area contributed by atoms with Gasteiger partial charge in [0.05, 0.1) is 12.0 Å². The van der Waals surface area contributed by atoms with Crippen LogP contribution in [0.4, 0.5) is 0 Å². The lowest BCUT2D eigenvalue weighted by molar-refractivity contribution is -0.118. The second-order valence-corrected chi connectivity index (χ2v) is 8.34. The molecule has 30 heavy (non-hydrogen) atoms. The number of benzene rings is 2. The molecule has 8 heteroatoms. The van der Waals surface area contributed by atoms with E-state index in [0.29, 0.717) is 22.6 Å². The number of hydrazone groups is 1. The Balaban J connectivity index is 1.56. The van der Waals surface area contributed by atoms with Crippen LogP contribution in [-0.4, -0.2) is 32.6 Å². The van der Waals surface area contributed by atoms with Gasteiger partial charge in [-0.05, 0) is 48.2 Å². The highest BCUT2D eigenvalue weighted by Crippen LogP contribution is 2.25. The van der Waals surface area contributed by atoms with Crippen molar-refractivity contribution in [3.63, 3.8) is 0 Å². The molecule has 1 N–H and O–H groups in total. The van der Waals surface area contributed by atoms with E-state index in [2.05, 4.69) is 46.7 Å². The van der Waals surface area contributed by atoms with E-state index in [1.807, 2.05) is 47.9 Å². The maximum atomic E-state index is 12.1. The summed E-state index contributed by atoms with van der Waals surface area (Å²) in [6.07, 6.45) is 1.64. The molecule has 0 saturated carbocycles. The highest BCUT2D eigenvalue weighted by molar-refractivity contribution is 7.99. The summed E-state index contributed by atoms with van der Waals surface area (Å²) in [6, 6.07) is 15.6. The lowest BCUT2D eigenvalue weighted by atomic mass is 10.0. The van der Waals surface area contributed by atoms with Crippen LogP contribution < -0.4 is 5.43 Å². The average Bonchev–Trinajstić information content (AvgIpc) is 3.16. The van der Waals surface area contributed by atoms with Gasteiger partial charge in [0.2, 0.25) is 0 Å². The largest absolute Gasteiger partial charge is 0.302 e. The first-order chi connectivity index (χ1) is 14.5. The van der Waals surface area contributed by atoms with E-state index >= 15 is 0 Å². The van der Waals surface area contributed by atoms with Gasteiger partial charge in [-0.15, -0.1) is 10.2 Å². The number of aromatic nitrogens is 3. The first-order valence-electron chi connectivity index (χ1n) is 9.71. The van der Waals surface area contributed by atoms with E-state index in [9.17, 15) is 4.79 Å². The Morgan fingerprint density at radius 2 is 1.87 bits per heavy atom. The number of carbonyl (C=O) groups is 1. The Morgan fingerprint density at radius 3 is 2.50 bits per heavy atom. The molecule has 0 bridgehead atoms. The van der Waals surface area contributed by atoms with Crippen LogP contribution in [0.1, 0.15) is 37.8 Å². The minimum atomic E-state index is -0.200. The van der Waals surface area contributed by atoms with E-state index in [1.54, 1.807) is 6.21 Å². The molecular weight excluding hydrogens is 418 g/mol. The summed E-state index contributed by atoms with van der Waals surface area (Å²) < 4.78 is 1.97. The third-order valence-corrected chi connectivity index (χ3v) is 5.69. The quantitative estimate of drug-likeness (QED) is 0.304. The Morgan fingerprint density at radius 1 is 1.17 bits per heavy atom. The SMILES string of the molecule is CCn1c(SCC(=O)N/N=C/c2ccc(C(C)C)cc2)nnc1-c1ccc(Cl)cc1. The van der Waals surface area contributed by atoms with Crippen molar-refractivity contribution >= 4 is 35.5 Å². The van der Waals surface area contributed by atoms with Gasteiger partial charge in [-0.2, -0.15) is 5.10 Å². The molecular formula is C22H24ClN5OS. The van der Waals surface area contributed by atoms with Gasteiger partial charge in [-0.3, -0.25) is 4.79 Å². The average molecular weight is 442 g/mol. The van der Waals surface area contributed by atoms with E-state index in [1.165, 1.54) is 17.3 Å². The smallest absolute Gasteiger partial charge is 0.250 e. The molecule has 0 unspecified atom stereocenters. The van der Waals surface area contributed by atoms with Crippen molar-refractivity contribution in [1.82, 2.24) is 20.2 Å². The zero-order valence-corrected chi connectivity index (χ0v) is 18.7. The number of halogens is 1. The van der Waals surface area contributed by atoms with Crippen molar-refractivity contribution in [1.29, 1.82) is 0 Å². The molecule has 0 aliphatic carbocycles. The van der Waals surface area contributed by atoms with E-state index in [0.717, 1.165) is 17.0 Å². The number of hydrogen-bond donors (Lipinski definition) is 1. The lowest BCUT2D eigenvalue weighted by Crippen LogP contribution is -2.20. The Kier molecular flexibility index (Phi) is 7.65. The molecule has 6 nitrogen and oxygen atoms in total. The summed E-state index contributed by atoms with van der Waals surface area (Å²) in [7, 11) is 0. The van der Waals surface area contributed by atoms with Crippen LogP contribution >= 0.6 is 23.4 Å². The predicted octanol–water partition coefficient (Wildman–Crippen LogP) is 4.98. The molecule has 156 valence electrons. The fourth-order valence-electron chi connectivity index (χ4n) is 2.80. The third-order valence-electron chi connectivity index (χ3n) is 4.47. The number of nitrogens with zero attached hydrogens (tertiary/aromatic N) is 4. The third kappa shape index (κ3) is 5.70. The fraction of sp³-hybridized carbons (Fsp3) is 0.273.